The molecule has 3 rings (SSSR count). The molecule has 1 aliphatic heterocycles. The quantitative estimate of drug-likeness (QED) is 0.815. The standard InChI is InChI=1S/C18H23NO4/c20-16(12-23-10-8-14-5-2-1-3-6-14)19-11-15-7-4-9-18(15,13-19)17(21)22/h1-3,5-6,15H,4,7-13H2,(H,21,22)/t15-,18+/m0/s1. The molecule has 5 heteroatoms. The first-order valence-electron chi connectivity index (χ1n) is 8.25. The van der Waals surface area contributed by atoms with Gasteiger partial charge in [-0.05, 0) is 30.7 Å². The molecule has 1 heterocycles. The van der Waals surface area contributed by atoms with Crippen LogP contribution in [-0.2, 0) is 20.7 Å². The van der Waals surface area contributed by atoms with Crippen LogP contribution in [0.5, 0.6) is 0 Å². The lowest BCUT2D eigenvalue weighted by molar-refractivity contribution is -0.149. The van der Waals surface area contributed by atoms with Gasteiger partial charge in [0.05, 0.1) is 12.0 Å². The lowest BCUT2D eigenvalue weighted by Crippen LogP contribution is -2.38. The van der Waals surface area contributed by atoms with Crippen molar-refractivity contribution in [2.45, 2.75) is 25.7 Å². The highest BCUT2D eigenvalue weighted by Crippen LogP contribution is 2.48. The van der Waals surface area contributed by atoms with Crippen LogP contribution in [0.1, 0.15) is 24.8 Å². The zero-order valence-corrected chi connectivity index (χ0v) is 13.2. The van der Waals surface area contributed by atoms with Crippen LogP contribution < -0.4 is 0 Å². The van der Waals surface area contributed by atoms with E-state index in [0.717, 1.165) is 19.3 Å². The Morgan fingerprint density at radius 3 is 2.78 bits per heavy atom. The summed E-state index contributed by atoms with van der Waals surface area (Å²) in [5.74, 6) is -0.735. The van der Waals surface area contributed by atoms with Crippen molar-refractivity contribution in [1.82, 2.24) is 4.90 Å². The number of likely N-dealkylation sites (tertiary alicyclic amines) is 1. The van der Waals surface area contributed by atoms with Gasteiger partial charge >= 0.3 is 5.97 Å². The number of benzene rings is 1. The highest BCUT2D eigenvalue weighted by atomic mass is 16.5. The van der Waals surface area contributed by atoms with Gasteiger partial charge in [0.2, 0.25) is 5.91 Å². The third-order valence-corrected chi connectivity index (χ3v) is 5.25. The molecule has 1 aromatic carbocycles. The molecule has 0 radical (unpaired) electrons. The third kappa shape index (κ3) is 3.24. The van der Waals surface area contributed by atoms with Crippen molar-refractivity contribution in [3.8, 4) is 0 Å². The Labute approximate surface area is 136 Å². The minimum Gasteiger partial charge on any atom is -0.481 e. The average Bonchev–Trinajstić information content (AvgIpc) is 3.10. The van der Waals surface area contributed by atoms with Crippen molar-refractivity contribution < 1.29 is 19.4 Å². The van der Waals surface area contributed by atoms with Crippen LogP contribution in [-0.4, -0.2) is 48.2 Å². The first-order valence-corrected chi connectivity index (χ1v) is 8.25. The van der Waals surface area contributed by atoms with E-state index in [2.05, 4.69) is 0 Å². The zero-order chi connectivity index (χ0) is 16.3. The first-order chi connectivity index (χ1) is 11.1. The van der Waals surface area contributed by atoms with Gasteiger partial charge in [-0.25, -0.2) is 0 Å². The molecule has 0 unspecified atom stereocenters. The number of carboxylic acid groups (broad SMARTS) is 1. The Morgan fingerprint density at radius 2 is 2.09 bits per heavy atom. The summed E-state index contributed by atoms with van der Waals surface area (Å²) < 4.78 is 5.49. The lowest BCUT2D eigenvalue weighted by Gasteiger charge is -2.23. The van der Waals surface area contributed by atoms with Gasteiger partial charge in [-0.15, -0.1) is 0 Å². The summed E-state index contributed by atoms with van der Waals surface area (Å²) in [4.78, 5) is 25.6. The van der Waals surface area contributed by atoms with E-state index in [9.17, 15) is 14.7 Å². The second kappa shape index (κ2) is 6.71. The molecule has 0 spiro atoms. The Morgan fingerprint density at radius 1 is 1.30 bits per heavy atom. The molecule has 2 atom stereocenters. The van der Waals surface area contributed by atoms with Crippen LogP contribution in [0.4, 0.5) is 0 Å². The smallest absolute Gasteiger partial charge is 0.311 e. The normalized spacial score (nSPS) is 26.3. The van der Waals surface area contributed by atoms with Crippen LogP contribution in [0.2, 0.25) is 0 Å². The van der Waals surface area contributed by atoms with Crippen molar-refractivity contribution >= 4 is 11.9 Å². The van der Waals surface area contributed by atoms with Crippen molar-refractivity contribution in [2.75, 3.05) is 26.3 Å². The maximum atomic E-state index is 12.3. The third-order valence-electron chi connectivity index (χ3n) is 5.25. The molecule has 0 bridgehead atoms. The molecule has 124 valence electrons. The predicted octanol–water partition coefficient (Wildman–Crippen LogP) is 1.96. The number of hydrogen-bond donors (Lipinski definition) is 1. The van der Waals surface area contributed by atoms with Crippen LogP contribution >= 0.6 is 0 Å². The number of nitrogens with zero attached hydrogens (tertiary/aromatic N) is 1. The highest BCUT2D eigenvalue weighted by Gasteiger charge is 2.55. The molecule has 1 aliphatic carbocycles. The van der Waals surface area contributed by atoms with E-state index in [1.54, 1.807) is 4.90 Å². The molecule has 2 fully saturated rings. The Hall–Kier alpha value is -1.88. The number of carbonyl (C=O) groups is 2. The maximum Gasteiger partial charge on any atom is 0.311 e. The molecule has 0 aromatic heterocycles. The van der Waals surface area contributed by atoms with Crippen molar-refractivity contribution in [1.29, 1.82) is 0 Å². The Bertz CT molecular complexity index is 574. The van der Waals surface area contributed by atoms with Crippen LogP contribution in [0, 0.1) is 11.3 Å². The Balaban J connectivity index is 1.45. The molecular formula is C18H23NO4. The van der Waals surface area contributed by atoms with E-state index in [0.29, 0.717) is 26.1 Å². The van der Waals surface area contributed by atoms with Crippen LogP contribution in [0.25, 0.3) is 0 Å². The Kier molecular flexibility index (Phi) is 4.66. The molecule has 1 aromatic rings. The average molecular weight is 317 g/mol. The topological polar surface area (TPSA) is 66.8 Å². The molecular weight excluding hydrogens is 294 g/mol. The van der Waals surface area contributed by atoms with Crippen LogP contribution in [0.3, 0.4) is 0 Å². The molecule has 1 saturated carbocycles. The molecule has 1 saturated heterocycles. The molecule has 1 N–H and O–H groups in total. The van der Waals surface area contributed by atoms with Gasteiger partial charge in [0, 0.05) is 13.1 Å². The predicted molar refractivity (Wildman–Crippen MR) is 85.0 cm³/mol. The van der Waals surface area contributed by atoms with E-state index in [4.69, 9.17) is 4.74 Å². The van der Waals surface area contributed by atoms with Gasteiger partial charge in [-0.3, -0.25) is 9.59 Å². The fourth-order valence-corrected chi connectivity index (χ4v) is 3.91. The molecule has 1 amide bonds. The number of carboxylic acids is 1. The van der Waals surface area contributed by atoms with Crippen molar-refractivity contribution in [3.05, 3.63) is 35.9 Å². The lowest BCUT2D eigenvalue weighted by atomic mass is 9.81. The summed E-state index contributed by atoms with van der Waals surface area (Å²) in [6, 6.07) is 9.99. The maximum absolute atomic E-state index is 12.3. The van der Waals surface area contributed by atoms with Crippen molar-refractivity contribution in [3.63, 3.8) is 0 Å². The number of rotatable bonds is 6. The summed E-state index contributed by atoms with van der Waals surface area (Å²) >= 11 is 0. The summed E-state index contributed by atoms with van der Waals surface area (Å²) in [5, 5.41) is 9.54. The molecule has 23 heavy (non-hydrogen) atoms. The molecule has 5 nitrogen and oxygen atoms in total. The van der Waals surface area contributed by atoms with Gasteiger partial charge in [0.1, 0.15) is 6.61 Å². The fraction of sp³-hybridized carbons (Fsp3) is 0.556. The number of ether oxygens (including phenoxy) is 1. The van der Waals surface area contributed by atoms with Gasteiger partial charge in [0.15, 0.2) is 0 Å². The second-order valence-corrected chi connectivity index (χ2v) is 6.61. The van der Waals surface area contributed by atoms with E-state index in [1.807, 2.05) is 30.3 Å². The monoisotopic (exact) mass is 317 g/mol. The number of carbonyl (C=O) groups excluding carboxylic acids is 1. The largest absolute Gasteiger partial charge is 0.481 e. The summed E-state index contributed by atoms with van der Waals surface area (Å²) in [6.45, 7) is 1.44. The fourth-order valence-electron chi connectivity index (χ4n) is 3.91. The minimum absolute atomic E-state index is 0.0370. The highest BCUT2D eigenvalue weighted by molar-refractivity contribution is 5.82. The van der Waals surface area contributed by atoms with E-state index in [-0.39, 0.29) is 18.4 Å². The van der Waals surface area contributed by atoms with Gasteiger partial charge < -0.3 is 14.7 Å². The first kappa shape index (κ1) is 16.0. The van der Waals surface area contributed by atoms with Crippen molar-refractivity contribution in [2.24, 2.45) is 11.3 Å². The second-order valence-electron chi connectivity index (χ2n) is 6.61. The van der Waals surface area contributed by atoms with E-state index in [1.165, 1.54) is 5.56 Å². The van der Waals surface area contributed by atoms with E-state index >= 15 is 0 Å². The van der Waals surface area contributed by atoms with Gasteiger partial charge in [0.25, 0.3) is 0 Å². The number of hydrogen-bond acceptors (Lipinski definition) is 3. The van der Waals surface area contributed by atoms with Gasteiger partial charge in [-0.1, -0.05) is 36.8 Å². The summed E-state index contributed by atoms with van der Waals surface area (Å²) in [5.41, 5.74) is 0.472. The summed E-state index contributed by atoms with van der Waals surface area (Å²) in [6.07, 6.45) is 3.32. The number of amides is 1. The van der Waals surface area contributed by atoms with Gasteiger partial charge in [-0.2, -0.15) is 0 Å². The van der Waals surface area contributed by atoms with Crippen LogP contribution in [0.15, 0.2) is 30.3 Å². The SMILES string of the molecule is O=C(COCCc1ccccc1)N1C[C@@H]2CCC[C@@]2(C(=O)O)C1. The van der Waals surface area contributed by atoms with E-state index < -0.39 is 11.4 Å². The number of fused-ring (bicyclic) bond motifs is 1. The summed E-state index contributed by atoms with van der Waals surface area (Å²) in [7, 11) is 0. The minimum atomic E-state index is -0.750. The molecule has 2 aliphatic rings. The zero-order valence-electron chi connectivity index (χ0n) is 13.2. The number of aliphatic carboxylic acids is 1.